The quantitative estimate of drug-likeness (QED) is 0.631. The predicted octanol–water partition coefficient (Wildman–Crippen LogP) is 5.32. The van der Waals surface area contributed by atoms with Crippen molar-refractivity contribution in [3.63, 3.8) is 0 Å². The Hall–Kier alpha value is -2.04. The third-order valence-corrected chi connectivity index (χ3v) is 5.58. The van der Waals surface area contributed by atoms with Crippen molar-refractivity contribution >= 4 is 40.8 Å². The lowest BCUT2D eigenvalue weighted by Crippen LogP contribution is -2.32. The molecule has 0 N–H and O–H groups in total. The highest BCUT2D eigenvalue weighted by molar-refractivity contribution is 8.04. The number of halogens is 1. The highest BCUT2D eigenvalue weighted by Gasteiger charge is 2.38. The van der Waals surface area contributed by atoms with Crippen molar-refractivity contribution in [1.29, 1.82) is 0 Å². The molecule has 0 aromatic heterocycles. The summed E-state index contributed by atoms with van der Waals surface area (Å²) in [5.41, 5.74) is 2.39. The minimum Gasteiger partial charge on any atom is -0.274 e. The van der Waals surface area contributed by atoms with Crippen LogP contribution in [0.5, 0.6) is 0 Å². The van der Waals surface area contributed by atoms with E-state index in [2.05, 4.69) is 0 Å². The van der Waals surface area contributed by atoms with Gasteiger partial charge in [0.05, 0.1) is 10.5 Å². The standard InChI is InChI=1S/C21H20ClNO2S/c1-3-4-13-23-20(24)18(15-7-5-14(2)6-8-15)19(21(23)25)26-17-11-9-16(22)10-12-17/h5-12H,3-4,13H2,1-2H3. The fourth-order valence-corrected chi connectivity index (χ4v) is 3.90. The van der Waals surface area contributed by atoms with Gasteiger partial charge in [-0.25, -0.2) is 0 Å². The van der Waals surface area contributed by atoms with Crippen LogP contribution in [-0.4, -0.2) is 23.3 Å². The van der Waals surface area contributed by atoms with Gasteiger partial charge in [-0.15, -0.1) is 0 Å². The summed E-state index contributed by atoms with van der Waals surface area (Å²) in [6, 6.07) is 15.0. The second-order valence-corrected chi connectivity index (χ2v) is 7.76. The summed E-state index contributed by atoms with van der Waals surface area (Å²) in [5, 5.41) is 0.639. The van der Waals surface area contributed by atoms with Crippen LogP contribution in [0.25, 0.3) is 5.57 Å². The van der Waals surface area contributed by atoms with Crippen LogP contribution in [0, 0.1) is 6.92 Å². The first-order chi connectivity index (χ1) is 12.5. The number of hydrogen-bond acceptors (Lipinski definition) is 3. The van der Waals surface area contributed by atoms with Crippen molar-refractivity contribution in [2.75, 3.05) is 6.54 Å². The van der Waals surface area contributed by atoms with Gasteiger partial charge in [0.15, 0.2) is 0 Å². The molecular formula is C21H20ClNO2S. The largest absolute Gasteiger partial charge is 0.274 e. The molecule has 134 valence electrons. The van der Waals surface area contributed by atoms with Crippen LogP contribution in [0.1, 0.15) is 30.9 Å². The number of rotatable bonds is 6. The first-order valence-electron chi connectivity index (χ1n) is 8.62. The van der Waals surface area contributed by atoms with Gasteiger partial charge in [-0.05, 0) is 43.2 Å². The van der Waals surface area contributed by atoms with Gasteiger partial charge < -0.3 is 0 Å². The molecule has 5 heteroatoms. The summed E-state index contributed by atoms with van der Waals surface area (Å²) in [5.74, 6) is -0.414. The van der Waals surface area contributed by atoms with E-state index in [0.717, 1.165) is 28.9 Å². The molecule has 0 spiro atoms. The molecule has 0 aliphatic carbocycles. The second-order valence-electron chi connectivity index (χ2n) is 6.24. The zero-order valence-corrected chi connectivity index (χ0v) is 16.4. The Kier molecular flexibility index (Phi) is 5.84. The van der Waals surface area contributed by atoms with Gasteiger partial charge in [0.25, 0.3) is 11.8 Å². The van der Waals surface area contributed by atoms with Crippen LogP contribution < -0.4 is 0 Å². The number of nitrogens with zero attached hydrogens (tertiary/aromatic N) is 1. The molecule has 2 aromatic rings. The van der Waals surface area contributed by atoms with Gasteiger partial charge in [-0.1, -0.05) is 66.5 Å². The van der Waals surface area contributed by atoms with E-state index in [4.69, 9.17) is 11.6 Å². The summed E-state index contributed by atoms with van der Waals surface area (Å²) >= 11 is 7.27. The Bertz CT molecular complexity index is 857. The summed E-state index contributed by atoms with van der Waals surface area (Å²) in [6.07, 6.45) is 1.73. The summed E-state index contributed by atoms with van der Waals surface area (Å²) in [4.78, 5) is 28.7. The van der Waals surface area contributed by atoms with Crippen LogP contribution in [0.2, 0.25) is 5.02 Å². The maximum absolute atomic E-state index is 13.0. The van der Waals surface area contributed by atoms with E-state index in [9.17, 15) is 9.59 Å². The number of unbranched alkanes of at least 4 members (excludes halogenated alkanes) is 1. The van der Waals surface area contributed by atoms with Crippen molar-refractivity contribution < 1.29 is 9.59 Å². The van der Waals surface area contributed by atoms with Gasteiger partial charge in [0, 0.05) is 16.5 Å². The normalized spacial score (nSPS) is 14.5. The van der Waals surface area contributed by atoms with E-state index in [0.29, 0.717) is 22.0 Å². The van der Waals surface area contributed by atoms with Crippen LogP contribution in [0.4, 0.5) is 0 Å². The first-order valence-corrected chi connectivity index (χ1v) is 9.81. The lowest BCUT2D eigenvalue weighted by Gasteiger charge is -2.14. The molecular weight excluding hydrogens is 366 g/mol. The Labute approximate surface area is 163 Å². The van der Waals surface area contributed by atoms with Gasteiger partial charge >= 0.3 is 0 Å². The zero-order valence-electron chi connectivity index (χ0n) is 14.8. The van der Waals surface area contributed by atoms with Crippen molar-refractivity contribution in [2.24, 2.45) is 0 Å². The molecule has 0 atom stereocenters. The molecule has 2 aromatic carbocycles. The van der Waals surface area contributed by atoms with Crippen molar-refractivity contribution in [3.8, 4) is 0 Å². The maximum atomic E-state index is 13.0. The lowest BCUT2D eigenvalue weighted by molar-refractivity contribution is -0.136. The van der Waals surface area contributed by atoms with E-state index >= 15 is 0 Å². The molecule has 0 bridgehead atoms. The van der Waals surface area contributed by atoms with Crippen molar-refractivity contribution in [2.45, 2.75) is 31.6 Å². The number of imide groups is 1. The average molecular weight is 386 g/mol. The summed E-state index contributed by atoms with van der Waals surface area (Å²) in [7, 11) is 0. The average Bonchev–Trinajstić information content (AvgIpc) is 2.86. The molecule has 3 rings (SSSR count). The number of hydrogen-bond donors (Lipinski definition) is 0. The van der Waals surface area contributed by atoms with Crippen molar-refractivity contribution in [3.05, 3.63) is 69.6 Å². The Morgan fingerprint density at radius 2 is 1.62 bits per heavy atom. The molecule has 26 heavy (non-hydrogen) atoms. The first kappa shape index (κ1) is 18.7. The minimum absolute atomic E-state index is 0.205. The van der Waals surface area contributed by atoms with Crippen molar-refractivity contribution in [1.82, 2.24) is 4.90 Å². The third kappa shape index (κ3) is 3.87. The van der Waals surface area contributed by atoms with Crippen LogP contribution in [0.15, 0.2) is 58.3 Å². The Morgan fingerprint density at radius 1 is 0.962 bits per heavy atom. The molecule has 1 aliphatic rings. The Balaban J connectivity index is 2.02. The van der Waals surface area contributed by atoms with Crippen LogP contribution in [-0.2, 0) is 9.59 Å². The van der Waals surface area contributed by atoms with Gasteiger partial charge in [-0.3, -0.25) is 14.5 Å². The number of benzene rings is 2. The fraction of sp³-hybridized carbons (Fsp3) is 0.238. The predicted molar refractivity (Wildman–Crippen MR) is 107 cm³/mol. The molecule has 0 unspecified atom stereocenters. The van der Waals surface area contributed by atoms with E-state index in [-0.39, 0.29) is 11.8 Å². The second kappa shape index (κ2) is 8.11. The zero-order chi connectivity index (χ0) is 18.7. The minimum atomic E-state index is -0.209. The van der Waals surface area contributed by atoms with Gasteiger partial charge in [-0.2, -0.15) is 0 Å². The Morgan fingerprint density at radius 3 is 2.23 bits per heavy atom. The van der Waals surface area contributed by atoms with Gasteiger partial charge in [0.1, 0.15) is 0 Å². The molecule has 1 aliphatic heterocycles. The third-order valence-electron chi connectivity index (χ3n) is 4.23. The van der Waals surface area contributed by atoms with E-state index in [1.54, 1.807) is 12.1 Å². The monoisotopic (exact) mass is 385 g/mol. The van der Waals surface area contributed by atoms with Crippen LogP contribution in [0.3, 0.4) is 0 Å². The number of aryl methyl sites for hydroxylation is 1. The smallest absolute Gasteiger partial charge is 0.268 e. The van der Waals surface area contributed by atoms with E-state index in [1.807, 2.05) is 50.2 Å². The molecule has 3 nitrogen and oxygen atoms in total. The SMILES string of the molecule is CCCCN1C(=O)C(Sc2ccc(Cl)cc2)=C(c2ccc(C)cc2)C1=O. The summed E-state index contributed by atoms with van der Waals surface area (Å²) < 4.78 is 0. The summed E-state index contributed by atoms with van der Waals surface area (Å²) in [6.45, 7) is 4.49. The number of thioether (sulfide) groups is 1. The molecule has 1 heterocycles. The highest BCUT2D eigenvalue weighted by atomic mass is 35.5. The van der Waals surface area contributed by atoms with E-state index < -0.39 is 0 Å². The van der Waals surface area contributed by atoms with E-state index in [1.165, 1.54) is 16.7 Å². The topological polar surface area (TPSA) is 37.4 Å². The fourth-order valence-electron chi connectivity index (χ4n) is 2.76. The lowest BCUT2D eigenvalue weighted by atomic mass is 10.0. The molecule has 0 saturated carbocycles. The molecule has 0 fully saturated rings. The number of carbonyl (C=O) groups excluding carboxylic acids is 2. The maximum Gasteiger partial charge on any atom is 0.268 e. The molecule has 0 radical (unpaired) electrons. The number of carbonyl (C=O) groups is 2. The van der Waals surface area contributed by atoms with Crippen LogP contribution >= 0.6 is 23.4 Å². The highest BCUT2D eigenvalue weighted by Crippen LogP contribution is 2.40. The molecule has 2 amide bonds. The molecule has 0 saturated heterocycles. The number of amides is 2. The van der Waals surface area contributed by atoms with Gasteiger partial charge in [0.2, 0.25) is 0 Å².